The summed E-state index contributed by atoms with van der Waals surface area (Å²) >= 11 is 0. The molecule has 2 heterocycles. The van der Waals surface area contributed by atoms with Gasteiger partial charge < -0.3 is 21.5 Å². The number of aryl methyl sites for hydroxylation is 2. The van der Waals surface area contributed by atoms with E-state index in [0.717, 1.165) is 17.0 Å². The highest BCUT2D eigenvalue weighted by Crippen LogP contribution is 2.26. The molecule has 9 nitrogen and oxygen atoms in total. The van der Waals surface area contributed by atoms with Crippen LogP contribution in [0.2, 0.25) is 0 Å². The second-order valence-corrected chi connectivity index (χ2v) is 7.49. The lowest BCUT2D eigenvalue weighted by Gasteiger charge is -2.13. The van der Waals surface area contributed by atoms with Crippen LogP contribution in [-0.2, 0) is 0 Å². The largest absolute Gasteiger partial charge is 0.421 e. The summed E-state index contributed by atoms with van der Waals surface area (Å²) < 4.78 is 5.59. The van der Waals surface area contributed by atoms with Crippen LogP contribution in [0.5, 0.6) is 5.75 Å². The van der Waals surface area contributed by atoms with Crippen molar-refractivity contribution in [1.82, 2.24) is 15.2 Å². The van der Waals surface area contributed by atoms with Crippen molar-refractivity contribution in [3.63, 3.8) is 0 Å². The predicted molar refractivity (Wildman–Crippen MR) is 132 cm³/mol. The number of hydrogen-bond acceptors (Lipinski definition) is 7. The molecule has 0 aliphatic heterocycles. The van der Waals surface area contributed by atoms with Crippen molar-refractivity contribution in [2.45, 2.75) is 13.8 Å². The van der Waals surface area contributed by atoms with Gasteiger partial charge in [-0.1, -0.05) is 42.5 Å². The minimum atomic E-state index is -0.616. The Balaban J connectivity index is 1.51. The van der Waals surface area contributed by atoms with E-state index in [-0.39, 0.29) is 23.1 Å². The maximum Gasteiger partial charge on any atom is 0.347 e. The molecule has 34 heavy (non-hydrogen) atoms. The standard InChI is InChI=1S/C25H23N7O2/c1-15-14-16(2)28-23(26)22(15)24(33)34-20-11-7-6-10-19(20)29-25(27)30-21-13-12-18(31-32-21)17-8-4-3-5-9-17/h3-14H,1-2H3,(H2,26,28)(H3,27,29,30,32). The average molecular weight is 454 g/mol. The summed E-state index contributed by atoms with van der Waals surface area (Å²) in [7, 11) is 0. The molecule has 9 heteroatoms. The molecular formula is C25H23N7O2. The van der Waals surface area contributed by atoms with E-state index < -0.39 is 5.97 Å². The molecule has 0 fully saturated rings. The van der Waals surface area contributed by atoms with E-state index in [9.17, 15) is 4.79 Å². The summed E-state index contributed by atoms with van der Waals surface area (Å²) in [4.78, 5) is 21.2. The second kappa shape index (κ2) is 9.78. The molecule has 0 unspecified atom stereocenters. The zero-order valence-corrected chi connectivity index (χ0v) is 18.7. The van der Waals surface area contributed by atoms with E-state index in [4.69, 9.17) is 16.2 Å². The average Bonchev–Trinajstić information content (AvgIpc) is 2.81. The minimum absolute atomic E-state index is 0.0537. The molecule has 0 bridgehead atoms. The number of nitrogens with two attached hydrogens (primary N) is 2. The number of anilines is 2. The molecule has 0 amide bonds. The second-order valence-electron chi connectivity index (χ2n) is 7.49. The van der Waals surface area contributed by atoms with E-state index >= 15 is 0 Å². The third kappa shape index (κ3) is 5.16. The summed E-state index contributed by atoms with van der Waals surface area (Å²) in [5.41, 5.74) is 15.8. The van der Waals surface area contributed by atoms with E-state index in [1.54, 1.807) is 50.2 Å². The molecule has 170 valence electrons. The Hall–Kier alpha value is -4.79. The Morgan fingerprint density at radius 2 is 1.71 bits per heavy atom. The highest BCUT2D eigenvalue weighted by molar-refractivity contribution is 5.99. The normalized spacial score (nSPS) is 11.2. The number of nitrogens with one attached hydrogen (secondary N) is 1. The zero-order chi connectivity index (χ0) is 24.1. The van der Waals surface area contributed by atoms with E-state index in [2.05, 4.69) is 25.5 Å². The molecule has 0 spiro atoms. The van der Waals surface area contributed by atoms with Crippen LogP contribution in [0.15, 0.2) is 77.8 Å². The molecular weight excluding hydrogens is 430 g/mol. The highest BCUT2D eigenvalue weighted by atomic mass is 16.5. The summed E-state index contributed by atoms with van der Waals surface area (Å²) in [5, 5.41) is 11.2. The van der Waals surface area contributed by atoms with E-state index in [0.29, 0.717) is 17.1 Å². The number of carbonyl (C=O) groups excluding carboxylic acids is 1. The number of aromatic nitrogens is 3. The molecule has 4 rings (SSSR count). The number of nitrogen functional groups attached to an aromatic ring is 1. The summed E-state index contributed by atoms with van der Waals surface area (Å²) in [6, 6.07) is 21.8. The van der Waals surface area contributed by atoms with Gasteiger partial charge in [0.1, 0.15) is 11.4 Å². The lowest BCUT2D eigenvalue weighted by atomic mass is 10.1. The van der Waals surface area contributed by atoms with Gasteiger partial charge in [0.05, 0.1) is 11.4 Å². The molecule has 0 aliphatic rings. The third-order valence-electron chi connectivity index (χ3n) is 4.88. The number of esters is 1. The van der Waals surface area contributed by atoms with Crippen molar-refractivity contribution < 1.29 is 9.53 Å². The van der Waals surface area contributed by atoms with Crippen LogP contribution >= 0.6 is 0 Å². The number of aliphatic imine (C=N–C) groups is 1. The van der Waals surface area contributed by atoms with Gasteiger partial charge in [0.2, 0.25) is 0 Å². The van der Waals surface area contributed by atoms with Crippen molar-refractivity contribution >= 4 is 29.3 Å². The Labute approximate surface area is 196 Å². The lowest BCUT2D eigenvalue weighted by molar-refractivity contribution is 0.0736. The van der Waals surface area contributed by atoms with Gasteiger partial charge in [-0.25, -0.2) is 9.78 Å². The Morgan fingerprint density at radius 3 is 2.41 bits per heavy atom. The van der Waals surface area contributed by atoms with Gasteiger partial charge in [0.15, 0.2) is 17.5 Å². The van der Waals surface area contributed by atoms with Crippen molar-refractivity contribution in [2.24, 2.45) is 10.7 Å². The monoisotopic (exact) mass is 453 g/mol. The van der Waals surface area contributed by atoms with Gasteiger partial charge in [-0.05, 0) is 49.7 Å². The molecule has 0 saturated carbocycles. The van der Waals surface area contributed by atoms with E-state index in [1.807, 2.05) is 36.4 Å². The van der Waals surface area contributed by atoms with Gasteiger partial charge in [0, 0.05) is 11.3 Å². The Morgan fingerprint density at radius 1 is 0.971 bits per heavy atom. The van der Waals surface area contributed by atoms with Crippen LogP contribution in [0.25, 0.3) is 11.3 Å². The quantitative estimate of drug-likeness (QED) is 0.178. The number of para-hydroxylation sites is 2. The molecule has 0 radical (unpaired) electrons. The first-order chi connectivity index (χ1) is 16.4. The SMILES string of the molecule is Cc1cc(C)c(C(=O)Oc2ccccc2NC(N)=Nc2ccc(-c3ccccc3)nn2)c(N)n1. The number of pyridine rings is 1. The summed E-state index contributed by atoms with van der Waals surface area (Å²) in [6.45, 7) is 3.58. The number of rotatable bonds is 5. The lowest BCUT2D eigenvalue weighted by Crippen LogP contribution is -2.23. The first kappa shape index (κ1) is 22.4. The van der Waals surface area contributed by atoms with Crippen LogP contribution in [0.4, 0.5) is 17.3 Å². The van der Waals surface area contributed by atoms with Gasteiger partial charge in [0.25, 0.3) is 0 Å². The van der Waals surface area contributed by atoms with Crippen molar-refractivity contribution in [3.05, 3.63) is 89.6 Å². The number of ether oxygens (including phenoxy) is 1. The van der Waals surface area contributed by atoms with Crippen LogP contribution in [0.3, 0.4) is 0 Å². The maximum absolute atomic E-state index is 12.8. The van der Waals surface area contributed by atoms with Gasteiger partial charge in [-0.15, -0.1) is 10.2 Å². The van der Waals surface area contributed by atoms with Gasteiger partial charge in [-0.2, -0.15) is 4.99 Å². The topological polar surface area (TPSA) is 141 Å². The minimum Gasteiger partial charge on any atom is -0.421 e. The summed E-state index contributed by atoms with van der Waals surface area (Å²) in [6.07, 6.45) is 0. The number of carbonyl (C=O) groups is 1. The van der Waals surface area contributed by atoms with Crippen LogP contribution in [0, 0.1) is 13.8 Å². The maximum atomic E-state index is 12.8. The van der Waals surface area contributed by atoms with Gasteiger partial charge >= 0.3 is 5.97 Å². The van der Waals surface area contributed by atoms with Crippen LogP contribution in [-0.4, -0.2) is 27.1 Å². The molecule has 0 aliphatic carbocycles. The number of hydrogen-bond donors (Lipinski definition) is 3. The summed E-state index contributed by atoms with van der Waals surface area (Å²) in [5.74, 6) is 0.142. The predicted octanol–water partition coefficient (Wildman–Crippen LogP) is 4.02. The third-order valence-corrected chi connectivity index (χ3v) is 4.88. The van der Waals surface area contributed by atoms with E-state index in [1.165, 1.54) is 0 Å². The van der Waals surface area contributed by atoms with Gasteiger partial charge in [-0.3, -0.25) is 0 Å². The molecule has 2 aromatic carbocycles. The fourth-order valence-corrected chi connectivity index (χ4v) is 3.38. The highest BCUT2D eigenvalue weighted by Gasteiger charge is 2.18. The Kier molecular flexibility index (Phi) is 6.45. The van der Waals surface area contributed by atoms with Crippen molar-refractivity contribution in [3.8, 4) is 17.0 Å². The smallest absolute Gasteiger partial charge is 0.347 e. The van der Waals surface area contributed by atoms with Crippen molar-refractivity contribution in [2.75, 3.05) is 11.1 Å². The van der Waals surface area contributed by atoms with Crippen LogP contribution in [0.1, 0.15) is 21.6 Å². The zero-order valence-electron chi connectivity index (χ0n) is 18.7. The molecule has 2 aromatic heterocycles. The fourth-order valence-electron chi connectivity index (χ4n) is 3.38. The van der Waals surface area contributed by atoms with Crippen molar-refractivity contribution in [1.29, 1.82) is 0 Å². The first-order valence-corrected chi connectivity index (χ1v) is 10.5. The molecule has 4 aromatic rings. The number of nitrogens with zero attached hydrogens (tertiary/aromatic N) is 4. The fraction of sp³-hybridized carbons (Fsp3) is 0.0800. The van der Waals surface area contributed by atoms with Crippen LogP contribution < -0.4 is 21.5 Å². The molecule has 5 N–H and O–H groups in total. The number of guanidine groups is 1. The number of benzene rings is 2. The Bertz CT molecular complexity index is 1330. The molecule has 0 atom stereocenters. The first-order valence-electron chi connectivity index (χ1n) is 10.5. The molecule has 0 saturated heterocycles.